The average molecular weight is 245 g/mol. The van der Waals surface area contributed by atoms with Crippen LogP contribution in [0.1, 0.15) is 13.3 Å². The highest BCUT2D eigenvalue weighted by Gasteiger charge is 2.16. The summed E-state index contributed by atoms with van der Waals surface area (Å²) >= 11 is 0. The summed E-state index contributed by atoms with van der Waals surface area (Å²) in [5.74, 6) is -1.18. The lowest BCUT2D eigenvalue weighted by Crippen LogP contribution is -2.46. The van der Waals surface area contributed by atoms with Gasteiger partial charge in [0.05, 0.1) is 6.42 Å². The van der Waals surface area contributed by atoms with E-state index in [1.165, 1.54) is 16.8 Å². The zero-order valence-corrected chi connectivity index (χ0v) is 10.6. The molecule has 17 heavy (non-hydrogen) atoms. The van der Waals surface area contributed by atoms with Crippen molar-refractivity contribution in [1.82, 2.24) is 15.1 Å². The first-order chi connectivity index (χ1) is 7.73. The molecule has 98 valence electrons. The van der Waals surface area contributed by atoms with Gasteiger partial charge in [-0.1, -0.05) is 0 Å². The van der Waals surface area contributed by atoms with Gasteiger partial charge in [0.1, 0.15) is 6.54 Å². The Labute approximate surface area is 100 Å². The van der Waals surface area contributed by atoms with Gasteiger partial charge in [-0.15, -0.1) is 0 Å². The lowest BCUT2D eigenvalue weighted by molar-refractivity contribution is -0.137. The van der Waals surface area contributed by atoms with Crippen LogP contribution in [0.2, 0.25) is 0 Å². The van der Waals surface area contributed by atoms with Crippen molar-refractivity contribution in [3.63, 3.8) is 0 Å². The number of rotatable bonds is 5. The zero-order chi connectivity index (χ0) is 13.6. The van der Waals surface area contributed by atoms with Crippen LogP contribution < -0.4 is 5.32 Å². The lowest BCUT2D eigenvalue weighted by atomic mass is 10.2. The Kier molecular flexibility index (Phi) is 6.01. The number of aliphatic carboxylic acids is 1. The molecular formula is C10H19N3O4. The van der Waals surface area contributed by atoms with Crippen molar-refractivity contribution < 1.29 is 19.5 Å². The first-order valence-electron chi connectivity index (χ1n) is 5.17. The second-order valence-corrected chi connectivity index (χ2v) is 4.09. The van der Waals surface area contributed by atoms with Crippen LogP contribution in [0.5, 0.6) is 0 Å². The van der Waals surface area contributed by atoms with E-state index in [-0.39, 0.29) is 18.9 Å². The Morgan fingerprint density at radius 2 is 1.76 bits per heavy atom. The molecule has 0 spiro atoms. The maximum Gasteiger partial charge on any atom is 0.317 e. The van der Waals surface area contributed by atoms with Gasteiger partial charge in [-0.25, -0.2) is 4.79 Å². The lowest BCUT2D eigenvalue weighted by Gasteiger charge is -2.21. The van der Waals surface area contributed by atoms with Crippen molar-refractivity contribution in [2.24, 2.45) is 0 Å². The minimum Gasteiger partial charge on any atom is -0.481 e. The monoisotopic (exact) mass is 245 g/mol. The number of nitrogens with one attached hydrogen (secondary N) is 1. The highest BCUT2D eigenvalue weighted by molar-refractivity contribution is 5.83. The second-order valence-electron chi connectivity index (χ2n) is 4.09. The summed E-state index contributed by atoms with van der Waals surface area (Å²) in [5, 5.41) is 11.0. The molecule has 0 rings (SSSR count). The number of hydrogen-bond donors (Lipinski definition) is 2. The molecule has 0 saturated heterocycles. The Hall–Kier alpha value is -1.79. The van der Waals surface area contributed by atoms with E-state index in [0.717, 1.165) is 0 Å². The van der Waals surface area contributed by atoms with Gasteiger partial charge >= 0.3 is 12.0 Å². The molecule has 7 heteroatoms. The Morgan fingerprint density at radius 3 is 2.18 bits per heavy atom. The fraction of sp³-hybridized carbons (Fsp3) is 0.700. The van der Waals surface area contributed by atoms with Gasteiger partial charge in [-0.05, 0) is 6.92 Å². The predicted octanol–water partition coefficient (Wildman–Crippen LogP) is -0.421. The summed E-state index contributed by atoms with van der Waals surface area (Å²) in [4.78, 5) is 35.9. The number of carboxylic acid groups (broad SMARTS) is 1. The third kappa shape index (κ3) is 6.39. The first kappa shape index (κ1) is 15.2. The average Bonchev–Trinajstić information content (AvgIpc) is 2.15. The smallest absolute Gasteiger partial charge is 0.317 e. The molecule has 0 bridgehead atoms. The summed E-state index contributed by atoms with van der Waals surface area (Å²) in [6.45, 7) is 1.55. The van der Waals surface area contributed by atoms with Crippen molar-refractivity contribution in [3.8, 4) is 0 Å². The van der Waals surface area contributed by atoms with Crippen LogP contribution in [0, 0.1) is 0 Å². The third-order valence-corrected chi connectivity index (χ3v) is 2.07. The largest absolute Gasteiger partial charge is 0.481 e. The van der Waals surface area contributed by atoms with Crippen LogP contribution in [0.3, 0.4) is 0 Å². The fourth-order valence-corrected chi connectivity index (χ4v) is 1.05. The van der Waals surface area contributed by atoms with Crippen LogP contribution in [0.4, 0.5) is 4.79 Å². The van der Waals surface area contributed by atoms with Gasteiger partial charge in [0.25, 0.3) is 0 Å². The molecule has 0 aromatic heterocycles. The predicted molar refractivity (Wildman–Crippen MR) is 61.6 cm³/mol. The normalized spacial score (nSPS) is 11.5. The fourth-order valence-electron chi connectivity index (χ4n) is 1.05. The van der Waals surface area contributed by atoms with Gasteiger partial charge in [0.2, 0.25) is 5.91 Å². The number of hydrogen-bond acceptors (Lipinski definition) is 3. The van der Waals surface area contributed by atoms with Crippen molar-refractivity contribution in [2.75, 3.05) is 27.7 Å². The molecule has 7 nitrogen and oxygen atoms in total. The van der Waals surface area contributed by atoms with E-state index in [0.29, 0.717) is 0 Å². The Morgan fingerprint density at radius 1 is 1.24 bits per heavy atom. The van der Waals surface area contributed by atoms with Crippen molar-refractivity contribution in [1.29, 1.82) is 0 Å². The molecule has 2 N–H and O–H groups in total. The summed E-state index contributed by atoms with van der Waals surface area (Å²) in [7, 11) is 4.67. The first-order valence-corrected chi connectivity index (χ1v) is 5.17. The van der Waals surface area contributed by atoms with Crippen molar-refractivity contribution >= 4 is 17.9 Å². The number of nitrogens with zero attached hydrogens (tertiary/aromatic N) is 2. The molecule has 0 saturated carbocycles. The zero-order valence-electron chi connectivity index (χ0n) is 10.6. The van der Waals surface area contributed by atoms with Crippen LogP contribution >= 0.6 is 0 Å². The second kappa shape index (κ2) is 6.72. The van der Waals surface area contributed by atoms with E-state index in [1.807, 2.05) is 0 Å². The number of carbonyl (C=O) groups is 3. The van der Waals surface area contributed by atoms with Gasteiger partial charge < -0.3 is 20.2 Å². The minimum atomic E-state index is -0.982. The van der Waals surface area contributed by atoms with Gasteiger partial charge in [-0.2, -0.15) is 0 Å². The van der Waals surface area contributed by atoms with Crippen LogP contribution in [0.15, 0.2) is 0 Å². The summed E-state index contributed by atoms with van der Waals surface area (Å²) in [5.41, 5.74) is 0. The molecule has 0 aromatic rings. The molecule has 1 unspecified atom stereocenters. The van der Waals surface area contributed by atoms with Crippen LogP contribution in [0.25, 0.3) is 0 Å². The maximum atomic E-state index is 11.5. The highest BCUT2D eigenvalue weighted by Crippen LogP contribution is 1.94. The Bertz CT molecular complexity index is 304. The number of carboxylic acids is 1. The Balaban J connectivity index is 4.14. The van der Waals surface area contributed by atoms with Crippen LogP contribution in [-0.2, 0) is 9.59 Å². The number of amides is 3. The van der Waals surface area contributed by atoms with E-state index in [1.54, 1.807) is 21.0 Å². The number of carbonyl (C=O) groups excluding carboxylic acids is 2. The van der Waals surface area contributed by atoms with Gasteiger partial charge in [0, 0.05) is 27.2 Å². The standard InChI is InChI=1S/C10H19N3O4/c1-7(5-9(15)16)11-10(17)13(4)6-8(14)12(2)3/h7H,5-6H2,1-4H3,(H,11,17)(H,15,16). The van der Waals surface area contributed by atoms with Gasteiger partial charge in [0.15, 0.2) is 0 Å². The van der Waals surface area contributed by atoms with E-state index in [4.69, 9.17) is 5.11 Å². The molecule has 0 radical (unpaired) electrons. The highest BCUT2D eigenvalue weighted by atomic mass is 16.4. The topological polar surface area (TPSA) is 90.0 Å². The molecule has 0 aliphatic heterocycles. The van der Waals surface area contributed by atoms with E-state index >= 15 is 0 Å². The SMILES string of the molecule is CC(CC(=O)O)NC(=O)N(C)CC(=O)N(C)C. The maximum absolute atomic E-state index is 11.5. The molecule has 3 amide bonds. The third-order valence-electron chi connectivity index (χ3n) is 2.07. The summed E-state index contributed by atoms with van der Waals surface area (Å²) < 4.78 is 0. The minimum absolute atomic E-state index is 0.0430. The van der Waals surface area contributed by atoms with Crippen molar-refractivity contribution in [2.45, 2.75) is 19.4 Å². The summed E-state index contributed by atoms with van der Waals surface area (Å²) in [6.07, 6.45) is -0.152. The quantitative estimate of drug-likeness (QED) is 0.688. The number of likely N-dealkylation sites (N-methyl/N-ethyl adjacent to an activating group) is 2. The molecule has 0 fully saturated rings. The summed E-state index contributed by atoms with van der Waals surface area (Å²) in [6, 6.07) is -0.939. The van der Waals surface area contributed by atoms with E-state index in [2.05, 4.69) is 5.32 Å². The van der Waals surface area contributed by atoms with E-state index < -0.39 is 18.0 Å². The molecule has 0 aliphatic rings. The molecule has 0 heterocycles. The molecule has 0 aliphatic carbocycles. The molecule has 0 aromatic carbocycles. The number of urea groups is 1. The van der Waals surface area contributed by atoms with Crippen LogP contribution in [-0.4, -0.2) is 66.5 Å². The van der Waals surface area contributed by atoms with E-state index in [9.17, 15) is 14.4 Å². The molecule has 1 atom stereocenters. The molecular weight excluding hydrogens is 226 g/mol. The van der Waals surface area contributed by atoms with Gasteiger partial charge in [-0.3, -0.25) is 9.59 Å². The van der Waals surface area contributed by atoms with Crippen molar-refractivity contribution in [3.05, 3.63) is 0 Å².